The van der Waals surface area contributed by atoms with Gasteiger partial charge in [-0.25, -0.2) is 9.97 Å². The van der Waals surface area contributed by atoms with Gasteiger partial charge in [-0.05, 0) is 6.92 Å². The molecular formula is C6H7N5. The molecule has 0 bridgehead atoms. The third-order valence-electron chi connectivity index (χ3n) is 1.57. The van der Waals surface area contributed by atoms with Crippen molar-refractivity contribution in [1.29, 1.82) is 0 Å². The van der Waals surface area contributed by atoms with Crippen LogP contribution in [0.5, 0.6) is 0 Å². The zero-order valence-electron chi connectivity index (χ0n) is 6.00. The van der Waals surface area contributed by atoms with Gasteiger partial charge in [0.15, 0.2) is 5.65 Å². The highest BCUT2D eigenvalue weighted by Crippen LogP contribution is 2.16. The van der Waals surface area contributed by atoms with Crippen molar-refractivity contribution in [3.63, 3.8) is 0 Å². The van der Waals surface area contributed by atoms with Crippen LogP contribution in [0.2, 0.25) is 0 Å². The Bertz CT molecular complexity index is 391. The molecule has 5 heteroatoms. The Morgan fingerprint density at radius 2 is 2.27 bits per heavy atom. The number of hydrogen-bond donors (Lipinski definition) is 2. The molecule has 0 atom stereocenters. The van der Waals surface area contributed by atoms with Crippen LogP contribution >= 0.6 is 0 Å². The molecule has 0 radical (unpaired) electrons. The minimum atomic E-state index is 0.526. The SMILES string of the molecule is Cc1ncnc2n[nH]c(N)c12. The van der Waals surface area contributed by atoms with Crippen LogP contribution in [0.15, 0.2) is 6.33 Å². The number of rotatable bonds is 0. The maximum atomic E-state index is 5.58. The smallest absolute Gasteiger partial charge is 0.186 e. The maximum Gasteiger partial charge on any atom is 0.186 e. The summed E-state index contributed by atoms with van der Waals surface area (Å²) in [5, 5.41) is 7.33. The van der Waals surface area contributed by atoms with Crippen molar-refractivity contribution in [3.05, 3.63) is 12.0 Å². The molecule has 3 N–H and O–H groups in total. The molecule has 2 aromatic heterocycles. The first kappa shape index (κ1) is 6.09. The summed E-state index contributed by atoms with van der Waals surface area (Å²) in [6.07, 6.45) is 1.47. The highest BCUT2D eigenvalue weighted by molar-refractivity contribution is 5.87. The number of H-pyrrole nitrogens is 1. The lowest BCUT2D eigenvalue weighted by Crippen LogP contribution is -1.88. The summed E-state index contributed by atoms with van der Waals surface area (Å²) in [7, 11) is 0. The first-order valence-electron chi connectivity index (χ1n) is 3.20. The van der Waals surface area contributed by atoms with Crippen molar-refractivity contribution >= 4 is 16.9 Å². The zero-order valence-corrected chi connectivity index (χ0v) is 6.00. The minimum absolute atomic E-state index is 0.526. The molecule has 5 nitrogen and oxygen atoms in total. The van der Waals surface area contributed by atoms with Gasteiger partial charge in [-0.1, -0.05) is 0 Å². The summed E-state index contributed by atoms with van der Waals surface area (Å²) in [6, 6.07) is 0. The Hall–Kier alpha value is -1.65. The minimum Gasteiger partial charge on any atom is -0.383 e. The normalized spacial score (nSPS) is 10.6. The lowest BCUT2D eigenvalue weighted by molar-refractivity contribution is 1.09. The Labute approximate surface area is 62.7 Å². The number of fused-ring (bicyclic) bond motifs is 1. The van der Waals surface area contributed by atoms with Crippen LogP contribution in [0.25, 0.3) is 11.0 Å². The van der Waals surface area contributed by atoms with Crippen LogP contribution in [0.3, 0.4) is 0 Å². The molecule has 0 unspecified atom stereocenters. The number of aromatic nitrogens is 4. The molecule has 0 spiro atoms. The molecule has 0 aliphatic rings. The molecule has 0 amide bonds. The van der Waals surface area contributed by atoms with E-state index in [2.05, 4.69) is 20.2 Å². The van der Waals surface area contributed by atoms with Crippen molar-refractivity contribution in [1.82, 2.24) is 20.2 Å². The third kappa shape index (κ3) is 0.739. The van der Waals surface area contributed by atoms with E-state index in [-0.39, 0.29) is 0 Å². The molecule has 0 saturated heterocycles. The molecule has 0 saturated carbocycles. The quantitative estimate of drug-likeness (QED) is 0.562. The van der Waals surface area contributed by atoms with Crippen molar-refractivity contribution in [3.8, 4) is 0 Å². The van der Waals surface area contributed by atoms with E-state index in [9.17, 15) is 0 Å². The number of hydrogen-bond acceptors (Lipinski definition) is 4. The van der Waals surface area contributed by atoms with Gasteiger partial charge < -0.3 is 5.73 Å². The fraction of sp³-hybridized carbons (Fsp3) is 0.167. The number of anilines is 1. The molecule has 0 aliphatic carbocycles. The zero-order chi connectivity index (χ0) is 7.84. The van der Waals surface area contributed by atoms with Gasteiger partial charge in [0.25, 0.3) is 0 Å². The Kier molecular flexibility index (Phi) is 1.06. The maximum absolute atomic E-state index is 5.58. The van der Waals surface area contributed by atoms with Crippen molar-refractivity contribution in [2.45, 2.75) is 6.92 Å². The van der Waals surface area contributed by atoms with Gasteiger partial charge in [0, 0.05) is 0 Å². The monoisotopic (exact) mass is 149 g/mol. The van der Waals surface area contributed by atoms with Gasteiger partial charge in [0.1, 0.15) is 12.1 Å². The van der Waals surface area contributed by atoms with Gasteiger partial charge in [-0.3, -0.25) is 5.10 Å². The van der Waals surface area contributed by atoms with E-state index < -0.39 is 0 Å². The average molecular weight is 149 g/mol. The second kappa shape index (κ2) is 1.91. The molecule has 0 aliphatic heterocycles. The van der Waals surface area contributed by atoms with Crippen LogP contribution in [0.1, 0.15) is 5.69 Å². The largest absolute Gasteiger partial charge is 0.383 e. The third-order valence-corrected chi connectivity index (χ3v) is 1.57. The Morgan fingerprint density at radius 3 is 3.00 bits per heavy atom. The number of nitrogen functional groups attached to an aromatic ring is 1. The van der Waals surface area contributed by atoms with Crippen LogP contribution < -0.4 is 5.73 Å². The topological polar surface area (TPSA) is 80.5 Å². The number of nitrogens with two attached hydrogens (primary N) is 1. The molecule has 0 aromatic carbocycles. The summed E-state index contributed by atoms with van der Waals surface area (Å²) in [4.78, 5) is 7.92. The number of aromatic amines is 1. The van der Waals surface area contributed by atoms with Crippen LogP contribution in [0.4, 0.5) is 5.82 Å². The second-order valence-electron chi connectivity index (χ2n) is 2.29. The highest BCUT2D eigenvalue weighted by Gasteiger charge is 2.05. The van der Waals surface area contributed by atoms with Gasteiger partial charge in [-0.15, -0.1) is 0 Å². The standard InChI is InChI=1S/C6H7N5/c1-3-4-5(7)10-11-6(4)9-2-8-3/h2H,1H3,(H3,7,8,9,10,11). The van der Waals surface area contributed by atoms with E-state index in [4.69, 9.17) is 5.73 Å². The molecule has 56 valence electrons. The van der Waals surface area contributed by atoms with E-state index in [1.165, 1.54) is 6.33 Å². The molecule has 2 aromatic rings. The van der Waals surface area contributed by atoms with Gasteiger partial charge in [0.05, 0.1) is 11.1 Å². The van der Waals surface area contributed by atoms with Crippen LogP contribution in [-0.4, -0.2) is 20.2 Å². The molecular weight excluding hydrogens is 142 g/mol. The summed E-state index contributed by atoms with van der Waals surface area (Å²) in [6.45, 7) is 1.87. The van der Waals surface area contributed by atoms with Crippen molar-refractivity contribution < 1.29 is 0 Å². The Balaban J connectivity index is 2.96. The average Bonchev–Trinajstić information content (AvgIpc) is 2.34. The van der Waals surface area contributed by atoms with Crippen molar-refractivity contribution in [2.75, 3.05) is 5.73 Å². The van der Waals surface area contributed by atoms with E-state index in [1.807, 2.05) is 6.92 Å². The number of nitrogens with one attached hydrogen (secondary N) is 1. The predicted octanol–water partition coefficient (Wildman–Crippen LogP) is 0.244. The summed E-state index contributed by atoms with van der Waals surface area (Å²) >= 11 is 0. The van der Waals surface area contributed by atoms with E-state index in [0.29, 0.717) is 11.5 Å². The summed E-state index contributed by atoms with van der Waals surface area (Å²) in [5.74, 6) is 0.526. The predicted molar refractivity (Wildman–Crippen MR) is 40.8 cm³/mol. The van der Waals surface area contributed by atoms with Gasteiger partial charge in [-0.2, -0.15) is 5.10 Å². The molecule has 2 heterocycles. The van der Waals surface area contributed by atoms with E-state index >= 15 is 0 Å². The van der Waals surface area contributed by atoms with Gasteiger partial charge in [0.2, 0.25) is 0 Å². The van der Waals surface area contributed by atoms with Gasteiger partial charge >= 0.3 is 0 Å². The fourth-order valence-corrected chi connectivity index (χ4v) is 1.03. The fourth-order valence-electron chi connectivity index (χ4n) is 1.03. The van der Waals surface area contributed by atoms with Crippen molar-refractivity contribution in [2.24, 2.45) is 0 Å². The number of nitrogens with zero attached hydrogens (tertiary/aromatic N) is 3. The highest BCUT2D eigenvalue weighted by atomic mass is 15.2. The summed E-state index contributed by atoms with van der Waals surface area (Å²) in [5.41, 5.74) is 7.05. The lowest BCUT2D eigenvalue weighted by Gasteiger charge is -1.91. The number of aryl methyl sites for hydroxylation is 1. The molecule has 0 fully saturated rings. The van der Waals surface area contributed by atoms with Crippen LogP contribution in [-0.2, 0) is 0 Å². The molecule has 2 rings (SSSR count). The molecule has 11 heavy (non-hydrogen) atoms. The first-order chi connectivity index (χ1) is 5.29. The van der Waals surface area contributed by atoms with E-state index in [0.717, 1.165) is 11.1 Å². The Morgan fingerprint density at radius 1 is 1.45 bits per heavy atom. The summed E-state index contributed by atoms with van der Waals surface area (Å²) < 4.78 is 0. The lowest BCUT2D eigenvalue weighted by atomic mass is 10.3. The van der Waals surface area contributed by atoms with Crippen LogP contribution in [0, 0.1) is 6.92 Å². The van der Waals surface area contributed by atoms with E-state index in [1.54, 1.807) is 0 Å². The first-order valence-corrected chi connectivity index (χ1v) is 3.20. The second-order valence-corrected chi connectivity index (χ2v) is 2.29.